The molecule has 42 heavy (non-hydrogen) atoms. The molecule has 4 N–H and O–H groups in total. The van der Waals surface area contributed by atoms with Crippen LogP contribution in [0.2, 0.25) is 0 Å². The van der Waals surface area contributed by atoms with Gasteiger partial charge in [0.2, 0.25) is 16.0 Å². The van der Waals surface area contributed by atoms with Gasteiger partial charge in [0, 0.05) is 37.3 Å². The zero-order chi connectivity index (χ0) is 29.5. The maximum Gasteiger partial charge on any atom is 0.416 e. The Balaban J connectivity index is 1.20. The second-order valence-electron chi connectivity index (χ2n) is 11.8. The third kappa shape index (κ3) is 6.06. The first kappa shape index (κ1) is 29.1. The molecule has 3 aromatic rings. The Morgan fingerprint density at radius 3 is 2.29 bits per heavy atom. The summed E-state index contributed by atoms with van der Waals surface area (Å²) < 4.78 is 69.3. The lowest BCUT2D eigenvalue weighted by Gasteiger charge is -2.32. The number of fused-ring (bicyclic) bond motifs is 1. The van der Waals surface area contributed by atoms with Crippen molar-refractivity contribution in [3.63, 3.8) is 0 Å². The van der Waals surface area contributed by atoms with Crippen molar-refractivity contribution in [3.8, 4) is 0 Å². The molecule has 2 aromatic heterocycles. The van der Waals surface area contributed by atoms with Crippen molar-refractivity contribution in [1.29, 1.82) is 0 Å². The van der Waals surface area contributed by atoms with E-state index in [1.165, 1.54) is 23.2 Å². The van der Waals surface area contributed by atoms with Gasteiger partial charge in [0.25, 0.3) is 0 Å². The number of halogens is 3. The molecule has 1 saturated heterocycles. The van der Waals surface area contributed by atoms with Gasteiger partial charge in [-0.15, -0.1) is 0 Å². The fourth-order valence-corrected chi connectivity index (χ4v) is 7.91. The number of hydrogen-bond acceptors (Lipinski definition) is 8. The minimum atomic E-state index is -4.62. The van der Waals surface area contributed by atoms with Crippen molar-refractivity contribution in [1.82, 2.24) is 23.8 Å². The smallest absolute Gasteiger partial charge is 0.365 e. The van der Waals surface area contributed by atoms with Gasteiger partial charge in [0.1, 0.15) is 0 Å². The summed E-state index contributed by atoms with van der Waals surface area (Å²) in [5.41, 5.74) is 6.57. The fourth-order valence-electron chi connectivity index (χ4n) is 6.39. The van der Waals surface area contributed by atoms with E-state index in [-0.39, 0.29) is 36.1 Å². The molecule has 228 valence electrons. The minimum Gasteiger partial charge on any atom is -0.365 e. The third-order valence-electron chi connectivity index (χ3n) is 8.84. The summed E-state index contributed by atoms with van der Waals surface area (Å²) in [6.45, 7) is 0.350. The van der Waals surface area contributed by atoms with E-state index in [2.05, 4.69) is 20.2 Å². The zero-order valence-electron chi connectivity index (χ0n) is 23.4. The van der Waals surface area contributed by atoms with Crippen LogP contribution in [-0.4, -0.2) is 63.5 Å². The SMILES string of the molecule is NC1CCC(Nc2nc(NC3CCN(S(=O)(=O)c4cccc(C(F)(F)F)c4)CC3)c3ncn(C4CCCC4)c3n2)CC1. The third-order valence-corrected chi connectivity index (χ3v) is 10.7. The average Bonchev–Trinajstić information content (AvgIpc) is 3.65. The monoisotopic (exact) mass is 606 g/mol. The van der Waals surface area contributed by atoms with Gasteiger partial charge in [-0.1, -0.05) is 18.9 Å². The standard InChI is InChI=1S/C28H37F3N8O2S/c29-28(30,31)18-4-3-7-23(16-18)42(40,41)38-14-12-21(13-15-38)34-25-24-26(39(17-33-24)22-5-1-2-6-22)37-27(36-25)35-20-10-8-19(32)9-11-20/h3-4,7,16-17,19-22H,1-2,5-6,8-15,32H2,(H2,34,35,36,37). The first-order valence-corrected chi connectivity index (χ1v) is 16.2. The minimum absolute atomic E-state index is 0.0896. The molecule has 6 rings (SSSR count). The van der Waals surface area contributed by atoms with E-state index in [0.717, 1.165) is 56.3 Å². The van der Waals surface area contributed by atoms with Gasteiger partial charge in [-0.2, -0.15) is 27.4 Å². The molecule has 0 amide bonds. The molecular formula is C28H37F3N8O2S. The quantitative estimate of drug-likeness (QED) is 0.346. The maximum absolute atomic E-state index is 13.2. The normalized spacial score (nSPS) is 23.4. The van der Waals surface area contributed by atoms with Crippen LogP contribution in [-0.2, 0) is 16.2 Å². The number of hydrogen-bond donors (Lipinski definition) is 3. The van der Waals surface area contributed by atoms with E-state index in [9.17, 15) is 21.6 Å². The Hall–Kier alpha value is -2.97. The summed E-state index contributed by atoms with van der Waals surface area (Å²) in [5.74, 6) is 1.14. The van der Waals surface area contributed by atoms with Crippen molar-refractivity contribution in [2.45, 2.75) is 99.4 Å². The van der Waals surface area contributed by atoms with Crippen LogP contribution in [0.25, 0.3) is 11.2 Å². The van der Waals surface area contributed by atoms with Crippen LogP contribution in [0.15, 0.2) is 35.5 Å². The second-order valence-corrected chi connectivity index (χ2v) is 13.7. The van der Waals surface area contributed by atoms with Crippen molar-refractivity contribution in [3.05, 3.63) is 36.2 Å². The fraction of sp³-hybridized carbons (Fsp3) is 0.607. The maximum atomic E-state index is 13.2. The number of nitrogens with two attached hydrogens (primary N) is 1. The molecule has 0 atom stereocenters. The molecule has 3 aliphatic rings. The Bertz CT molecular complexity index is 1510. The largest absolute Gasteiger partial charge is 0.416 e. The lowest BCUT2D eigenvalue weighted by atomic mass is 9.92. The van der Waals surface area contributed by atoms with Crippen LogP contribution in [0.4, 0.5) is 24.9 Å². The summed E-state index contributed by atoms with van der Waals surface area (Å²) in [7, 11) is -4.06. The summed E-state index contributed by atoms with van der Waals surface area (Å²) >= 11 is 0. The van der Waals surface area contributed by atoms with E-state index >= 15 is 0 Å². The molecule has 3 fully saturated rings. The van der Waals surface area contributed by atoms with Gasteiger partial charge in [-0.25, -0.2) is 13.4 Å². The van der Waals surface area contributed by atoms with Crippen molar-refractivity contribution >= 4 is 33.0 Å². The van der Waals surface area contributed by atoms with Crippen molar-refractivity contribution < 1.29 is 21.6 Å². The van der Waals surface area contributed by atoms with Crippen LogP contribution in [0.3, 0.4) is 0 Å². The van der Waals surface area contributed by atoms with Gasteiger partial charge in [0.15, 0.2) is 17.0 Å². The van der Waals surface area contributed by atoms with Gasteiger partial charge in [-0.05, 0) is 69.6 Å². The van der Waals surface area contributed by atoms with Crippen molar-refractivity contribution in [2.75, 3.05) is 23.7 Å². The number of nitrogens with zero attached hydrogens (tertiary/aromatic N) is 5. The molecule has 1 aromatic carbocycles. The van der Waals surface area contributed by atoms with Gasteiger partial charge in [0.05, 0.1) is 16.8 Å². The topological polar surface area (TPSA) is 131 Å². The zero-order valence-corrected chi connectivity index (χ0v) is 24.2. The highest BCUT2D eigenvalue weighted by molar-refractivity contribution is 7.89. The number of alkyl halides is 3. The summed E-state index contributed by atoms with van der Waals surface area (Å²) in [6, 6.07) is 4.64. The van der Waals surface area contributed by atoms with Crippen LogP contribution in [0.5, 0.6) is 0 Å². The lowest BCUT2D eigenvalue weighted by molar-refractivity contribution is -0.137. The number of aromatic nitrogens is 4. The van der Waals surface area contributed by atoms with Crippen LogP contribution < -0.4 is 16.4 Å². The van der Waals surface area contributed by atoms with E-state index in [1.54, 1.807) is 0 Å². The number of piperidine rings is 1. The number of benzene rings is 1. The van der Waals surface area contributed by atoms with Gasteiger partial charge < -0.3 is 20.9 Å². The first-order valence-electron chi connectivity index (χ1n) is 14.8. The molecule has 2 aliphatic carbocycles. The molecule has 3 heterocycles. The van der Waals surface area contributed by atoms with Crippen LogP contribution in [0.1, 0.15) is 75.8 Å². The Morgan fingerprint density at radius 2 is 1.60 bits per heavy atom. The Morgan fingerprint density at radius 1 is 0.905 bits per heavy atom. The molecule has 0 spiro atoms. The lowest BCUT2D eigenvalue weighted by Crippen LogP contribution is -2.42. The number of imidazole rings is 1. The number of sulfonamides is 1. The molecular weight excluding hydrogens is 569 g/mol. The molecule has 10 nitrogen and oxygen atoms in total. The summed E-state index contributed by atoms with van der Waals surface area (Å²) in [4.78, 5) is 14.0. The molecule has 1 aliphatic heterocycles. The Kier molecular flexibility index (Phi) is 8.05. The molecule has 14 heteroatoms. The molecule has 0 radical (unpaired) electrons. The number of rotatable bonds is 7. The highest BCUT2D eigenvalue weighted by Gasteiger charge is 2.34. The van der Waals surface area contributed by atoms with Gasteiger partial charge >= 0.3 is 6.18 Å². The first-order chi connectivity index (χ1) is 20.1. The summed E-state index contributed by atoms with van der Waals surface area (Å²) in [6.07, 6.45) is 6.49. The highest BCUT2D eigenvalue weighted by atomic mass is 32.2. The van der Waals surface area contributed by atoms with E-state index in [0.29, 0.717) is 42.2 Å². The second kappa shape index (κ2) is 11.6. The van der Waals surface area contributed by atoms with E-state index in [1.807, 2.05) is 6.33 Å². The van der Waals surface area contributed by atoms with Gasteiger partial charge in [-0.3, -0.25) is 0 Å². The number of nitrogens with one attached hydrogen (secondary N) is 2. The van der Waals surface area contributed by atoms with E-state index < -0.39 is 21.8 Å². The molecule has 0 unspecified atom stereocenters. The predicted molar refractivity (Wildman–Crippen MR) is 154 cm³/mol. The average molecular weight is 607 g/mol. The van der Waals surface area contributed by atoms with E-state index in [4.69, 9.17) is 15.7 Å². The predicted octanol–water partition coefficient (Wildman–Crippen LogP) is 4.91. The molecule has 0 bridgehead atoms. The van der Waals surface area contributed by atoms with Crippen LogP contribution in [0, 0.1) is 0 Å². The Labute approximate surface area is 243 Å². The molecule has 2 saturated carbocycles. The summed E-state index contributed by atoms with van der Waals surface area (Å²) in [5, 5.41) is 7.01. The number of anilines is 2. The van der Waals surface area contributed by atoms with Crippen molar-refractivity contribution in [2.24, 2.45) is 5.73 Å². The van der Waals surface area contributed by atoms with Crippen LogP contribution >= 0.6 is 0 Å². The highest BCUT2D eigenvalue weighted by Crippen LogP contribution is 2.35.